The van der Waals surface area contributed by atoms with Gasteiger partial charge in [-0.25, -0.2) is 4.79 Å². The van der Waals surface area contributed by atoms with Crippen molar-refractivity contribution in [3.05, 3.63) is 29.8 Å². The molecule has 0 atom stereocenters. The van der Waals surface area contributed by atoms with Crippen molar-refractivity contribution in [2.45, 2.75) is 6.54 Å². The van der Waals surface area contributed by atoms with Crippen molar-refractivity contribution in [2.24, 2.45) is 4.99 Å². The van der Waals surface area contributed by atoms with Crippen LogP contribution in [0, 0.1) is 0 Å². The quantitative estimate of drug-likeness (QED) is 0.579. The summed E-state index contributed by atoms with van der Waals surface area (Å²) in [6.07, 6.45) is 1.51. The van der Waals surface area contributed by atoms with Gasteiger partial charge in [-0.15, -0.1) is 0 Å². The van der Waals surface area contributed by atoms with E-state index in [-0.39, 0.29) is 6.61 Å². The van der Waals surface area contributed by atoms with Gasteiger partial charge in [-0.2, -0.15) is 4.99 Å². The number of benzene rings is 1. The van der Waals surface area contributed by atoms with E-state index in [2.05, 4.69) is 4.99 Å². The number of nitrogens with zero attached hydrogens (tertiary/aromatic N) is 2. The summed E-state index contributed by atoms with van der Waals surface area (Å²) in [6.45, 7) is 1.49. The monoisotopic (exact) mass is 206 g/mol. The van der Waals surface area contributed by atoms with E-state index >= 15 is 0 Å². The second-order valence-electron chi connectivity index (χ2n) is 3.33. The molecule has 0 saturated carbocycles. The molecule has 0 fully saturated rings. The molecule has 0 aliphatic carbocycles. The summed E-state index contributed by atoms with van der Waals surface area (Å²) < 4.78 is 0. The maximum Gasteiger partial charge on any atom is 0.240 e. The van der Waals surface area contributed by atoms with Crippen molar-refractivity contribution in [3.63, 3.8) is 0 Å². The van der Waals surface area contributed by atoms with Gasteiger partial charge in [-0.05, 0) is 24.7 Å². The van der Waals surface area contributed by atoms with Crippen LogP contribution in [0.5, 0.6) is 0 Å². The molecule has 1 aromatic carbocycles. The Balaban J connectivity index is 2.68. The highest BCUT2D eigenvalue weighted by Crippen LogP contribution is 2.14. The van der Waals surface area contributed by atoms with Gasteiger partial charge in [0.2, 0.25) is 6.08 Å². The number of isocyanates is 1. The fraction of sp³-hybridized carbons (Fsp3) is 0.364. The SMILES string of the molecule is CN(CCO)Cc1cccc(N=C=O)c1. The molecule has 0 aromatic heterocycles. The van der Waals surface area contributed by atoms with Gasteiger partial charge in [0.05, 0.1) is 12.3 Å². The molecule has 1 rings (SSSR count). The Morgan fingerprint density at radius 3 is 3.00 bits per heavy atom. The number of aliphatic imine (C=N–C) groups is 1. The van der Waals surface area contributed by atoms with Crippen molar-refractivity contribution in [1.29, 1.82) is 0 Å². The maximum absolute atomic E-state index is 10.1. The van der Waals surface area contributed by atoms with E-state index in [1.807, 2.05) is 30.1 Å². The van der Waals surface area contributed by atoms with E-state index in [1.54, 1.807) is 6.07 Å². The molecule has 0 spiro atoms. The first-order valence-corrected chi connectivity index (χ1v) is 4.72. The standard InChI is InChI=1S/C11H14N2O2/c1-13(5-6-14)8-10-3-2-4-11(7-10)12-9-15/h2-4,7,14H,5-6,8H2,1H3. The molecule has 15 heavy (non-hydrogen) atoms. The zero-order valence-corrected chi connectivity index (χ0v) is 8.68. The second kappa shape index (κ2) is 6.09. The van der Waals surface area contributed by atoms with Crippen molar-refractivity contribution in [3.8, 4) is 0 Å². The Labute approximate surface area is 88.9 Å². The lowest BCUT2D eigenvalue weighted by atomic mass is 10.2. The highest BCUT2D eigenvalue weighted by Gasteiger charge is 2.00. The zero-order valence-electron chi connectivity index (χ0n) is 8.68. The van der Waals surface area contributed by atoms with Crippen LogP contribution in [0.2, 0.25) is 0 Å². The van der Waals surface area contributed by atoms with Crippen LogP contribution >= 0.6 is 0 Å². The van der Waals surface area contributed by atoms with Crippen LogP contribution in [0.15, 0.2) is 29.3 Å². The largest absolute Gasteiger partial charge is 0.395 e. The van der Waals surface area contributed by atoms with E-state index in [4.69, 9.17) is 5.11 Å². The average Bonchev–Trinajstić information content (AvgIpc) is 2.19. The predicted octanol–water partition coefficient (Wildman–Crippen LogP) is 1.08. The number of aliphatic hydroxyl groups excluding tert-OH is 1. The number of hydrogen-bond acceptors (Lipinski definition) is 4. The smallest absolute Gasteiger partial charge is 0.240 e. The van der Waals surface area contributed by atoms with Crippen molar-refractivity contribution in [1.82, 2.24) is 4.90 Å². The molecule has 0 heterocycles. The topological polar surface area (TPSA) is 52.9 Å². The Hall–Kier alpha value is -1.48. The number of likely N-dealkylation sites (N-methyl/N-ethyl adjacent to an activating group) is 1. The van der Waals surface area contributed by atoms with Crippen molar-refractivity contribution < 1.29 is 9.90 Å². The lowest BCUT2D eigenvalue weighted by Crippen LogP contribution is -2.21. The average molecular weight is 206 g/mol. The van der Waals surface area contributed by atoms with Crippen LogP contribution in [-0.2, 0) is 11.3 Å². The number of carbonyl (C=O) groups excluding carboxylic acids is 1. The first kappa shape index (κ1) is 11.6. The third-order valence-electron chi connectivity index (χ3n) is 2.02. The summed E-state index contributed by atoms with van der Waals surface area (Å²) in [5, 5.41) is 8.74. The fourth-order valence-electron chi connectivity index (χ4n) is 1.34. The fourth-order valence-corrected chi connectivity index (χ4v) is 1.34. The normalized spacial score (nSPS) is 10.1. The Morgan fingerprint density at radius 2 is 2.33 bits per heavy atom. The molecular weight excluding hydrogens is 192 g/mol. The van der Waals surface area contributed by atoms with Gasteiger partial charge in [0, 0.05) is 13.1 Å². The third-order valence-corrected chi connectivity index (χ3v) is 2.02. The summed E-state index contributed by atoms with van der Waals surface area (Å²) in [6, 6.07) is 7.38. The Bertz CT molecular complexity index is 359. The summed E-state index contributed by atoms with van der Waals surface area (Å²) in [4.78, 5) is 15.6. The first-order chi connectivity index (χ1) is 7.26. The molecular formula is C11H14N2O2. The van der Waals surface area contributed by atoms with Crippen LogP contribution in [-0.4, -0.2) is 36.3 Å². The molecule has 1 N–H and O–H groups in total. The van der Waals surface area contributed by atoms with Crippen LogP contribution in [0.4, 0.5) is 5.69 Å². The summed E-state index contributed by atoms with van der Waals surface area (Å²) >= 11 is 0. The van der Waals surface area contributed by atoms with E-state index in [0.29, 0.717) is 12.2 Å². The molecule has 4 nitrogen and oxygen atoms in total. The van der Waals surface area contributed by atoms with Crippen molar-refractivity contribution in [2.75, 3.05) is 20.2 Å². The summed E-state index contributed by atoms with van der Waals surface area (Å²) in [7, 11) is 1.92. The lowest BCUT2D eigenvalue weighted by molar-refractivity contribution is 0.217. The predicted molar refractivity (Wildman–Crippen MR) is 57.6 cm³/mol. The molecule has 1 aromatic rings. The Morgan fingerprint density at radius 1 is 1.53 bits per heavy atom. The molecule has 4 heteroatoms. The number of hydrogen-bond donors (Lipinski definition) is 1. The van der Waals surface area contributed by atoms with E-state index in [0.717, 1.165) is 12.1 Å². The van der Waals surface area contributed by atoms with E-state index in [1.165, 1.54) is 6.08 Å². The lowest BCUT2D eigenvalue weighted by Gasteiger charge is -2.14. The van der Waals surface area contributed by atoms with Gasteiger partial charge in [0.15, 0.2) is 0 Å². The van der Waals surface area contributed by atoms with Gasteiger partial charge < -0.3 is 5.11 Å². The maximum atomic E-state index is 10.1. The van der Waals surface area contributed by atoms with Gasteiger partial charge >= 0.3 is 0 Å². The van der Waals surface area contributed by atoms with Gasteiger partial charge in [0.1, 0.15) is 0 Å². The van der Waals surface area contributed by atoms with Crippen LogP contribution in [0.1, 0.15) is 5.56 Å². The number of rotatable bonds is 5. The van der Waals surface area contributed by atoms with Crippen LogP contribution < -0.4 is 0 Å². The van der Waals surface area contributed by atoms with Crippen LogP contribution in [0.3, 0.4) is 0 Å². The minimum absolute atomic E-state index is 0.142. The molecule has 80 valence electrons. The minimum atomic E-state index is 0.142. The highest BCUT2D eigenvalue weighted by molar-refractivity contribution is 5.49. The highest BCUT2D eigenvalue weighted by atomic mass is 16.3. The van der Waals surface area contributed by atoms with Gasteiger partial charge in [0.25, 0.3) is 0 Å². The Kier molecular flexibility index (Phi) is 4.71. The molecule has 0 saturated heterocycles. The van der Waals surface area contributed by atoms with Gasteiger partial charge in [-0.1, -0.05) is 12.1 Å². The zero-order chi connectivity index (χ0) is 11.1. The summed E-state index contributed by atoms with van der Waals surface area (Å²) in [5.74, 6) is 0. The summed E-state index contributed by atoms with van der Waals surface area (Å²) in [5.41, 5.74) is 1.67. The third kappa shape index (κ3) is 4.04. The molecule has 0 unspecified atom stereocenters. The van der Waals surface area contributed by atoms with Gasteiger partial charge in [-0.3, -0.25) is 4.90 Å². The molecule has 0 aliphatic heterocycles. The number of aliphatic hydroxyl groups is 1. The minimum Gasteiger partial charge on any atom is -0.395 e. The molecule has 0 radical (unpaired) electrons. The first-order valence-electron chi connectivity index (χ1n) is 4.72. The molecule has 0 amide bonds. The molecule has 0 aliphatic rings. The van der Waals surface area contributed by atoms with Crippen LogP contribution in [0.25, 0.3) is 0 Å². The van der Waals surface area contributed by atoms with E-state index in [9.17, 15) is 4.79 Å². The second-order valence-corrected chi connectivity index (χ2v) is 3.33. The molecule has 0 bridgehead atoms. The van der Waals surface area contributed by atoms with Crippen molar-refractivity contribution >= 4 is 11.8 Å². The van der Waals surface area contributed by atoms with E-state index < -0.39 is 0 Å².